The van der Waals surface area contributed by atoms with Crippen molar-refractivity contribution in [1.82, 2.24) is 0 Å². The Labute approximate surface area is 196 Å². The molecule has 5 heteroatoms. The Bertz CT molecular complexity index is 1440. The first-order chi connectivity index (χ1) is 16.0. The van der Waals surface area contributed by atoms with Crippen LogP contribution in [0.2, 0.25) is 5.02 Å². The molecule has 4 aromatic rings. The zero-order chi connectivity index (χ0) is 23.1. The third-order valence-corrected chi connectivity index (χ3v) is 6.49. The van der Waals surface area contributed by atoms with Crippen LogP contribution in [-0.4, -0.2) is 16.8 Å². The highest BCUT2D eigenvalue weighted by molar-refractivity contribution is 6.52. The number of nitrogens with zero attached hydrogens (tertiary/aromatic N) is 1. The Morgan fingerprint density at radius 2 is 1.55 bits per heavy atom. The lowest BCUT2D eigenvalue weighted by atomic mass is 9.94. The van der Waals surface area contributed by atoms with E-state index in [-0.39, 0.29) is 11.3 Å². The third kappa shape index (κ3) is 3.49. The fraction of sp³-hybridized carbons (Fsp3) is 0.0714. The minimum Gasteiger partial charge on any atom is -0.507 e. The molecule has 1 fully saturated rings. The average Bonchev–Trinajstić information content (AvgIpc) is 3.11. The van der Waals surface area contributed by atoms with Crippen LogP contribution in [0.25, 0.3) is 16.5 Å². The van der Waals surface area contributed by atoms with Gasteiger partial charge in [-0.1, -0.05) is 84.4 Å². The van der Waals surface area contributed by atoms with E-state index in [0.717, 1.165) is 16.3 Å². The van der Waals surface area contributed by atoms with Crippen LogP contribution >= 0.6 is 11.6 Å². The van der Waals surface area contributed by atoms with E-state index in [0.29, 0.717) is 21.8 Å². The van der Waals surface area contributed by atoms with Crippen molar-refractivity contribution in [3.8, 4) is 0 Å². The van der Waals surface area contributed by atoms with E-state index in [1.807, 2.05) is 73.7 Å². The number of hydrogen-bond acceptors (Lipinski definition) is 3. The van der Waals surface area contributed by atoms with Gasteiger partial charge in [-0.2, -0.15) is 0 Å². The molecule has 5 rings (SSSR count). The molecule has 4 nitrogen and oxygen atoms in total. The van der Waals surface area contributed by atoms with Gasteiger partial charge in [-0.05, 0) is 47.0 Å². The first-order valence-corrected chi connectivity index (χ1v) is 11.0. The summed E-state index contributed by atoms with van der Waals surface area (Å²) >= 11 is 6.34. The van der Waals surface area contributed by atoms with E-state index in [9.17, 15) is 14.7 Å². The molecule has 0 aliphatic carbocycles. The second-order valence-electron chi connectivity index (χ2n) is 8.03. The minimum atomic E-state index is -0.783. The van der Waals surface area contributed by atoms with Gasteiger partial charge >= 0.3 is 0 Å². The number of hydrogen-bond donors (Lipinski definition) is 1. The number of anilines is 1. The van der Waals surface area contributed by atoms with Crippen molar-refractivity contribution in [3.05, 3.63) is 118 Å². The van der Waals surface area contributed by atoms with Gasteiger partial charge in [-0.25, -0.2) is 0 Å². The predicted molar refractivity (Wildman–Crippen MR) is 131 cm³/mol. The Hall–Kier alpha value is -3.89. The first-order valence-electron chi connectivity index (χ1n) is 10.6. The molecule has 1 saturated heterocycles. The van der Waals surface area contributed by atoms with Gasteiger partial charge in [0.1, 0.15) is 5.76 Å². The maximum absolute atomic E-state index is 13.3. The van der Waals surface area contributed by atoms with Crippen molar-refractivity contribution in [3.63, 3.8) is 0 Å². The number of carbonyl (C=O) groups is 2. The molecule has 0 aromatic heterocycles. The average molecular weight is 454 g/mol. The standard InChI is InChI=1S/C28H20ClNO3/c1-17-22(29)12-7-13-23(17)30-25(19-9-3-2-4-10-19)24(27(32)28(30)33)26(31)21-15-14-18-8-5-6-11-20(18)16-21/h2-16,25,31H,1H3/b26-24-. The van der Waals surface area contributed by atoms with Crippen molar-refractivity contribution in [2.75, 3.05) is 4.90 Å². The molecule has 4 aromatic carbocycles. The summed E-state index contributed by atoms with van der Waals surface area (Å²) in [6.07, 6.45) is 0. The molecule has 0 radical (unpaired) electrons. The summed E-state index contributed by atoms with van der Waals surface area (Å²) in [7, 11) is 0. The molecule has 0 bridgehead atoms. The molecule has 33 heavy (non-hydrogen) atoms. The quantitative estimate of drug-likeness (QED) is 0.221. The van der Waals surface area contributed by atoms with Crippen LogP contribution in [0.5, 0.6) is 0 Å². The van der Waals surface area contributed by atoms with Crippen molar-refractivity contribution < 1.29 is 14.7 Å². The molecule has 1 amide bonds. The lowest BCUT2D eigenvalue weighted by Crippen LogP contribution is -2.30. The normalized spacial score (nSPS) is 17.6. The van der Waals surface area contributed by atoms with Gasteiger partial charge in [0.2, 0.25) is 0 Å². The maximum Gasteiger partial charge on any atom is 0.300 e. The molecule has 1 aliphatic rings. The smallest absolute Gasteiger partial charge is 0.300 e. The van der Waals surface area contributed by atoms with Gasteiger partial charge in [-0.15, -0.1) is 0 Å². The number of Topliss-reactive ketones (excluding diaryl/α,β-unsaturated/α-hetero) is 1. The van der Waals surface area contributed by atoms with Gasteiger partial charge in [0.25, 0.3) is 11.7 Å². The lowest BCUT2D eigenvalue weighted by molar-refractivity contribution is -0.132. The molecule has 1 aliphatic heterocycles. The van der Waals surface area contributed by atoms with Crippen molar-refractivity contribution in [2.45, 2.75) is 13.0 Å². The van der Waals surface area contributed by atoms with Gasteiger partial charge in [0, 0.05) is 16.3 Å². The van der Waals surface area contributed by atoms with Crippen LogP contribution in [0.4, 0.5) is 5.69 Å². The summed E-state index contributed by atoms with van der Waals surface area (Å²) in [5, 5.41) is 13.8. The van der Waals surface area contributed by atoms with Gasteiger partial charge in [0.05, 0.1) is 11.6 Å². The van der Waals surface area contributed by atoms with Crippen LogP contribution in [0.15, 0.2) is 96.6 Å². The zero-order valence-electron chi connectivity index (χ0n) is 17.8. The second kappa shape index (κ2) is 8.23. The number of rotatable bonds is 3. The number of halogens is 1. The highest BCUT2D eigenvalue weighted by Gasteiger charge is 2.47. The van der Waals surface area contributed by atoms with Gasteiger partial charge in [0.15, 0.2) is 0 Å². The van der Waals surface area contributed by atoms with Crippen molar-refractivity contribution >= 4 is 45.5 Å². The summed E-state index contributed by atoms with van der Waals surface area (Å²) in [5.41, 5.74) is 2.48. The molecule has 1 atom stereocenters. The Kier molecular flexibility index (Phi) is 5.23. The van der Waals surface area contributed by atoms with E-state index in [1.165, 1.54) is 4.90 Å². The van der Waals surface area contributed by atoms with Crippen LogP contribution in [0.1, 0.15) is 22.7 Å². The largest absolute Gasteiger partial charge is 0.507 e. The Morgan fingerprint density at radius 3 is 2.30 bits per heavy atom. The maximum atomic E-state index is 13.3. The highest BCUT2D eigenvalue weighted by Crippen LogP contribution is 2.44. The number of amides is 1. The van der Waals surface area contributed by atoms with Gasteiger partial charge in [-0.3, -0.25) is 14.5 Å². The topological polar surface area (TPSA) is 57.6 Å². The van der Waals surface area contributed by atoms with Gasteiger partial charge < -0.3 is 5.11 Å². The predicted octanol–water partition coefficient (Wildman–Crippen LogP) is 6.43. The molecule has 1 heterocycles. The first kappa shape index (κ1) is 21.0. The Balaban J connectivity index is 1.75. The van der Waals surface area contributed by atoms with E-state index in [4.69, 9.17) is 11.6 Å². The number of benzene rings is 4. The van der Waals surface area contributed by atoms with E-state index in [1.54, 1.807) is 24.3 Å². The van der Waals surface area contributed by atoms with Crippen LogP contribution in [0.3, 0.4) is 0 Å². The van der Waals surface area contributed by atoms with Crippen LogP contribution < -0.4 is 4.90 Å². The van der Waals surface area contributed by atoms with Crippen molar-refractivity contribution in [1.29, 1.82) is 0 Å². The second-order valence-corrected chi connectivity index (χ2v) is 8.43. The summed E-state index contributed by atoms with van der Waals surface area (Å²) in [5.74, 6) is -1.62. The Morgan fingerprint density at radius 1 is 0.848 bits per heavy atom. The molecule has 0 saturated carbocycles. The third-order valence-electron chi connectivity index (χ3n) is 6.08. The number of ketones is 1. The van der Waals surface area contributed by atoms with Crippen LogP contribution in [-0.2, 0) is 9.59 Å². The SMILES string of the molecule is Cc1c(Cl)cccc1N1C(=O)C(=O)/C(=C(\O)c2ccc3ccccc3c2)C1c1ccccc1. The molecule has 162 valence electrons. The van der Waals surface area contributed by atoms with E-state index >= 15 is 0 Å². The number of fused-ring (bicyclic) bond motifs is 1. The summed E-state index contributed by atoms with van der Waals surface area (Å²) in [6, 6.07) is 26.9. The summed E-state index contributed by atoms with van der Waals surface area (Å²) in [6.45, 7) is 1.81. The fourth-order valence-electron chi connectivity index (χ4n) is 4.38. The monoisotopic (exact) mass is 453 g/mol. The fourth-order valence-corrected chi connectivity index (χ4v) is 4.55. The minimum absolute atomic E-state index is 0.0563. The molecule has 1 unspecified atom stereocenters. The number of aliphatic hydroxyl groups excluding tert-OH is 1. The molecule has 1 N–H and O–H groups in total. The number of carbonyl (C=O) groups excluding carboxylic acids is 2. The van der Waals surface area contributed by atoms with E-state index < -0.39 is 17.7 Å². The molecular formula is C28H20ClNO3. The van der Waals surface area contributed by atoms with E-state index in [2.05, 4.69) is 0 Å². The highest BCUT2D eigenvalue weighted by atomic mass is 35.5. The lowest BCUT2D eigenvalue weighted by Gasteiger charge is -2.27. The zero-order valence-corrected chi connectivity index (χ0v) is 18.6. The van der Waals surface area contributed by atoms with Crippen molar-refractivity contribution in [2.24, 2.45) is 0 Å². The molecular weight excluding hydrogens is 434 g/mol. The molecule has 0 spiro atoms. The number of aliphatic hydroxyl groups is 1. The van der Waals surface area contributed by atoms with Crippen LogP contribution in [0, 0.1) is 6.92 Å². The summed E-state index contributed by atoms with van der Waals surface area (Å²) in [4.78, 5) is 28.0. The summed E-state index contributed by atoms with van der Waals surface area (Å²) < 4.78 is 0.